The van der Waals surface area contributed by atoms with Crippen molar-refractivity contribution in [1.29, 1.82) is 0 Å². The predicted molar refractivity (Wildman–Crippen MR) is 99.4 cm³/mol. The maximum Gasteiger partial charge on any atom is 0.452 e. The highest BCUT2D eigenvalue weighted by Gasteiger charge is 2.38. The highest BCUT2D eigenvalue weighted by atomic mass is 32.2. The predicted octanol–water partition coefficient (Wildman–Crippen LogP) is 4.86. The van der Waals surface area contributed by atoms with Crippen LogP contribution in [0.3, 0.4) is 0 Å². The molecule has 0 saturated heterocycles. The summed E-state index contributed by atoms with van der Waals surface area (Å²) in [6.07, 6.45) is -4.70. The number of hydrogen-bond acceptors (Lipinski definition) is 5. The van der Waals surface area contributed by atoms with Crippen LogP contribution in [-0.4, -0.2) is 24.9 Å². The third-order valence-corrected chi connectivity index (χ3v) is 7.29. The summed E-state index contributed by atoms with van der Waals surface area (Å²) in [7, 11) is -2.54. The Morgan fingerprint density at radius 3 is 2.36 bits per heavy atom. The minimum Gasteiger partial charge on any atom is -0.351 e. The quantitative estimate of drug-likeness (QED) is 0.580. The van der Waals surface area contributed by atoms with Crippen molar-refractivity contribution in [3.05, 3.63) is 57.5 Å². The number of hydrogen-bond donors (Lipinski definition) is 0. The second-order valence-electron chi connectivity index (χ2n) is 6.24. The second kappa shape index (κ2) is 7.34. The van der Waals surface area contributed by atoms with Crippen molar-refractivity contribution in [3.63, 3.8) is 0 Å². The molecule has 0 amide bonds. The van der Waals surface area contributed by atoms with Crippen molar-refractivity contribution in [3.8, 4) is 11.3 Å². The fourth-order valence-corrected chi connectivity index (χ4v) is 5.86. The Morgan fingerprint density at radius 1 is 1.14 bits per heavy atom. The zero-order chi connectivity index (χ0) is 20.7. The molecule has 0 bridgehead atoms. The van der Waals surface area contributed by atoms with Crippen molar-refractivity contribution in [1.82, 2.24) is 9.46 Å². The molecule has 0 aliphatic rings. The van der Waals surface area contributed by atoms with E-state index in [9.17, 15) is 21.6 Å². The van der Waals surface area contributed by atoms with Gasteiger partial charge in [-0.3, -0.25) is 0 Å². The maximum absolute atomic E-state index is 13.2. The SMILES string of the molecule is Cc1sc(C)c(S(=O)(=O)N(C)Cc2ccccc2)c1-c1cc(C(F)(F)F)on1. The molecule has 150 valence electrons. The molecule has 0 aliphatic carbocycles. The van der Waals surface area contributed by atoms with E-state index in [4.69, 9.17) is 0 Å². The van der Waals surface area contributed by atoms with Crippen molar-refractivity contribution in [2.45, 2.75) is 31.5 Å². The number of halogens is 3. The second-order valence-corrected chi connectivity index (χ2v) is 9.65. The van der Waals surface area contributed by atoms with Crippen molar-refractivity contribution in [2.24, 2.45) is 0 Å². The number of rotatable bonds is 5. The van der Waals surface area contributed by atoms with Crippen molar-refractivity contribution in [2.75, 3.05) is 7.05 Å². The zero-order valence-corrected chi connectivity index (χ0v) is 16.9. The maximum atomic E-state index is 13.2. The molecule has 10 heteroatoms. The molecule has 0 fully saturated rings. The van der Waals surface area contributed by atoms with Crippen LogP contribution in [-0.2, 0) is 22.7 Å². The molecule has 3 rings (SSSR count). The molecule has 2 heterocycles. The van der Waals surface area contributed by atoms with Crippen LogP contribution in [0, 0.1) is 13.8 Å². The van der Waals surface area contributed by atoms with Crippen LogP contribution in [0.4, 0.5) is 13.2 Å². The van der Waals surface area contributed by atoms with Crippen LogP contribution >= 0.6 is 11.3 Å². The molecule has 0 unspecified atom stereocenters. The van der Waals surface area contributed by atoms with Gasteiger partial charge in [-0.1, -0.05) is 35.5 Å². The lowest BCUT2D eigenvalue weighted by molar-refractivity contribution is -0.155. The van der Waals surface area contributed by atoms with E-state index in [1.54, 1.807) is 38.1 Å². The monoisotopic (exact) mass is 430 g/mol. The summed E-state index contributed by atoms with van der Waals surface area (Å²) in [5, 5.41) is 3.47. The Bertz CT molecular complexity index is 1090. The third-order valence-electron chi connectivity index (χ3n) is 4.17. The van der Waals surface area contributed by atoms with Gasteiger partial charge in [0.1, 0.15) is 10.6 Å². The molecular formula is C18H17F3N2O3S2. The first-order chi connectivity index (χ1) is 13.0. The van der Waals surface area contributed by atoms with Gasteiger partial charge in [-0.25, -0.2) is 8.42 Å². The van der Waals surface area contributed by atoms with Crippen molar-refractivity contribution < 1.29 is 26.1 Å². The largest absolute Gasteiger partial charge is 0.452 e. The molecule has 2 aromatic heterocycles. The van der Waals surface area contributed by atoms with E-state index in [-0.39, 0.29) is 22.7 Å². The first-order valence-electron chi connectivity index (χ1n) is 8.16. The van der Waals surface area contributed by atoms with Crippen LogP contribution in [0.1, 0.15) is 21.1 Å². The highest BCUT2D eigenvalue weighted by molar-refractivity contribution is 7.89. The lowest BCUT2D eigenvalue weighted by atomic mass is 10.1. The van der Waals surface area contributed by atoms with Gasteiger partial charge in [-0.05, 0) is 19.4 Å². The average Bonchev–Trinajstić information content (AvgIpc) is 3.19. The molecular weight excluding hydrogens is 413 g/mol. The standard InChI is InChI=1S/C18H17F3N2O3S2/c1-11-16(14-9-15(26-22-14)18(19,20)21)17(12(2)27-11)28(24,25)23(3)10-13-7-5-4-6-8-13/h4-9H,10H2,1-3H3. The van der Waals surface area contributed by atoms with E-state index in [0.29, 0.717) is 9.75 Å². The van der Waals surface area contributed by atoms with Gasteiger partial charge in [0.25, 0.3) is 0 Å². The van der Waals surface area contributed by atoms with E-state index in [1.165, 1.54) is 22.7 Å². The molecule has 0 N–H and O–H groups in total. The number of benzene rings is 1. The number of aromatic nitrogens is 1. The van der Waals surface area contributed by atoms with E-state index < -0.39 is 22.0 Å². The number of aryl methyl sites for hydroxylation is 2. The molecule has 0 saturated carbocycles. The first-order valence-corrected chi connectivity index (χ1v) is 10.4. The van der Waals surface area contributed by atoms with Gasteiger partial charge in [0.05, 0.1) is 0 Å². The topological polar surface area (TPSA) is 63.4 Å². The Balaban J connectivity index is 2.06. The molecule has 0 aliphatic heterocycles. The van der Waals surface area contributed by atoms with Crippen molar-refractivity contribution >= 4 is 21.4 Å². The Hall–Kier alpha value is -2.17. The summed E-state index contributed by atoms with van der Waals surface area (Å²) < 4.78 is 70.6. The summed E-state index contributed by atoms with van der Waals surface area (Å²) in [4.78, 5) is 0.977. The zero-order valence-electron chi connectivity index (χ0n) is 15.2. The van der Waals surface area contributed by atoms with Crippen LogP contribution in [0.15, 0.2) is 45.8 Å². The summed E-state index contributed by atoms with van der Waals surface area (Å²) in [5.74, 6) is -1.27. The van der Waals surface area contributed by atoms with Crippen LogP contribution in [0.5, 0.6) is 0 Å². The molecule has 1 aromatic carbocycles. The summed E-state index contributed by atoms with van der Waals surface area (Å²) in [5.41, 5.74) is 0.781. The molecule has 0 atom stereocenters. The van der Waals surface area contributed by atoms with Gasteiger partial charge >= 0.3 is 6.18 Å². The van der Waals surface area contributed by atoms with Crippen LogP contribution in [0.25, 0.3) is 11.3 Å². The number of alkyl halides is 3. The van der Waals surface area contributed by atoms with Gasteiger partial charge in [0.15, 0.2) is 0 Å². The molecule has 0 radical (unpaired) electrons. The van der Waals surface area contributed by atoms with Gasteiger partial charge < -0.3 is 4.52 Å². The van der Waals surface area contributed by atoms with Gasteiger partial charge in [0, 0.05) is 35.0 Å². The Labute approximate surface area is 164 Å². The van der Waals surface area contributed by atoms with Crippen LogP contribution < -0.4 is 0 Å². The van der Waals surface area contributed by atoms with Gasteiger partial charge in [-0.15, -0.1) is 11.3 Å². The fourth-order valence-electron chi connectivity index (χ4n) is 2.88. The van der Waals surface area contributed by atoms with E-state index in [1.807, 2.05) is 6.07 Å². The Kier molecular flexibility index (Phi) is 5.39. The molecule has 5 nitrogen and oxygen atoms in total. The van der Waals surface area contributed by atoms with E-state index >= 15 is 0 Å². The van der Waals surface area contributed by atoms with Gasteiger partial charge in [-0.2, -0.15) is 17.5 Å². The summed E-state index contributed by atoms with van der Waals surface area (Å²) in [6.45, 7) is 3.39. The fraction of sp³-hybridized carbons (Fsp3) is 0.278. The normalized spacial score (nSPS) is 12.7. The highest BCUT2D eigenvalue weighted by Crippen LogP contribution is 2.41. The van der Waals surface area contributed by atoms with E-state index in [2.05, 4.69) is 9.68 Å². The minimum atomic E-state index is -4.70. The third kappa shape index (κ3) is 3.85. The molecule has 3 aromatic rings. The Morgan fingerprint density at radius 2 is 1.79 bits per heavy atom. The number of sulfonamides is 1. The minimum absolute atomic E-state index is 0.0459. The van der Waals surface area contributed by atoms with Crippen LogP contribution in [0.2, 0.25) is 0 Å². The first kappa shape index (κ1) is 20.6. The number of thiophene rings is 1. The van der Waals surface area contributed by atoms with E-state index in [0.717, 1.165) is 11.6 Å². The van der Waals surface area contributed by atoms with Gasteiger partial charge in [0.2, 0.25) is 15.8 Å². The number of nitrogens with zero attached hydrogens (tertiary/aromatic N) is 2. The molecule has 0 spiro atoms. The smallest absolute Gasteiger partial charge is 0.351 e. The summed E-state index contributed by atoms with van der Waals surface area (Å²) in [6, 6.07) is 9.75. The molecule has 28 heavy (non-hydrogen) atoms. The lowest BCUT2D eigenvalue weighted by Gasteiger charge is -2.18. The lowest BCUT2D eigenvalue weighted by Crippen LogP contribution is -2.27. The average molecular weight is 430 g/mol. The summed E-state index contributed by atoms with van der Waals surface area (Å²) >= 11 is 1.19.